The van der Waals surface area contributed by atoms with Crippen LogP contribution in [-0.2, 0) is 14.3 Å². The third-order valence-corrected chi connectivity index (χ3v) is 14.1. The van der Waals surface area contributed by atoms with Crippen molar-refractivity contribution in [1.29, 1.82) is 0 Å². The normalized spacial score (nSPS) is 19.7. The van der Waals surface area contributed by atoms with E-state index in [1.807, 2.05) is 6.08 Å². The van der Waals surface area contributed by atoms with Crippen molar-refractivity contribution in [2.24, 2.45) is 0 Å². The summed E-state index contributed by atoms with van der Waals surface area (Å²) in [5, 5.41) is 54.5. The maximum absolute atomic E-state index is 13.1. The average molecular weight is 989 g/mol. The molecule has 1 saturated heterocycles. The zero-order valence-electron chi connectivity index (χ0n) is 45.5. The number of aliphatic hydroxyl groups is 5. The van der Waals surface area contributed by atoms with Crippen molar-refractivity contribution in [3.8, 4) is 0 Å². The molecule has 1 fully saturated rings. The van der Waals surface area contributed by atoms with Crippen LogP contribution < -0.4 is 5.32 Å². The predicted molar refractivity (Wildman–Crippen MR) is 295 cm³/mol. The van der Waals surface area contributed by atoms with Crippen molar-refractivity contribution in [2.45, 2.75) is 320 Å². The smallest absolute Gasteiger partial charge is 0.220 e. The Labute approximate surface area is 431 Å². The van der Waals surface area contributed by atoms with Gasteiger partial charge >= 0.3 is 0 Å². The summed E-state index contributed by atoms with van der Waals surface area (Å²) in [5.41, 5.74) is 0. The van der Waals surface area contributed by atoms with Crippen molar-refractivity contribution in [2.75, 3.05) is 13.2 Å². The lowest BCUT2D eigenvalue weighted by Gasteiger charge is -2.40. The highest BCUT2D eigenvalue weighted by atomic mass is 16.7. The number of carbonyl (C=O) groups excluding carboxylic acids is 1. The number of aliphatic hydroxyl groups excluding tert-OH is 5. The van der Waals surface area contributed by atoms with Crippen LogP contribution in [0.15, 0.2) is 48.6 Å². The van der Waals surface area contributed by atoms with E-state index in [2.05, 4.69) is 55.6 Å². The molecule has 9 heteroatoms. The second-order valence-electron chi connectivity index (χ2n) is 20.8. The summed E-state index contributed by atoms with van der Waals surface area (Å²) in [6.45, 7) is 3.79. The van der Waals surface area contributed by atoms with Crippen LogP contribution in [0.25, 0.3) is 0 Å². The Bertz CT molecular complexity index is 1240. The average Bonchev–Trinajstić information content (AvgIpc) is 3.36. The number of hydrogen-bond donors (Lipinski definition) is 6. The summed E-state index contributed by atoms with van der Waals surface area (Å²) in [5.74, 6) is -0.175. The van der Waals surface area contributed by atoms with Crippen LogP contribution in [0.4, 0.5) is 0 Å². The van der Waals surface area contributed by atoms with Crippen molar-refractivity contribution >= 4 is 5.91 Å². The molecule has 0 radical (unpaired) electrons. The fourth-order valence-electron chi connectivity index (χ4n) is 9.40. The predicted octanol–water partition coefficient (Wildman–Crippen LogP) is 14.9. The molecule has 0 aromatic carbocycles. The number of ether oxygens (including phenoxy) is 2. The van der Waals surface area contributed by atoms with Crippen molar-refractivity contribution < 1.29 is 39.8 Å². The fourth-order valence-corrected chi connectivity index (χ4v) is 9.40. The summed E-state index contributed by atoms with van der Waals surface area (Å²) in [6.07, 6.45) is 60.4. The van der Waals surface area contributed by atoms with Gasteiger partial charge in [0.1, 0.15) is 24.4 Å². The minimum absolute atomic E-state index is 0.175. The zero-order valence-corrected chi connectivity index (χ0v) is 45.5. The minimum atomic E-state index is -1.57. The second-order valence-corrected chi connectivity index (χ2v) is 20.8. The standard InChI is InChI=1S/C61H113NO8/c1-3-5-7-9-11-13-15-17-19-21-22-23-24-25-26-27-28-29-30-31-32-33-34-35-37-39-41-43-45-47-49-51-57(65)62-54(53-69-61-60(68)59(67)58(66)56(52-63)70-61)55(64)50-48-46-44-42-40-38-36-20-18-16-14-12-10-8-6-4-2/h15,17,21-22,24-25,48,50,54-56,58-61,63-64,66-68H,3-14,16,18-20,23,26-47,49,51-53H2,1-2H3,(H,62,65)/b17-15-,22-21-,25-24-,50-48+. The molecule has 1 amide bonds. The number of rotatable bonds is 51. The van der Waals surface area contributed by atoms with E-state index >= 15 is 0 Å². The first kappa shape index (κ1) is 66.2. The van der Waals surface area contributed by atoms with Gasteiger partial charge in [-0.1, -0.05) is 262 Å². The Balaban J connectivity index is 2.16. The molecule has 0 aromatic heterocycles. The molecule has 1 aliphatic rings. The molecule has 6 N–H and O–H groups in total. The first-order valence-electron chi connectivity index (χ1n) is 29.9. The molecule has 410 valence electrons. The van der Waals surface area contributed by atoms with E-state index < -0.39 is 49.5 Å². The molecule has 0 saturated carbocycles. The van der Waals surface area contributed by atoms with Crippen molar-refractivity contribution in [3.63, 3.8) is 0 Å². The lowest BCUT2D eigenvalue weighted by molar-refractivity contribution is -0.302. The van der Waals surface area contributed by atoms with Gasteiger partial charge in [0.2, 0.25) is 5.91 Å². The summed E-state index contributed by atoms with van der Waals surface area (Å²) in [4.78, 5) is 13.1. The molecular weight excluding hydrogens is 875 g/mol. The number of hydrogen-bond acceptors (Lipinski definition) is 8. The van der Waals surface area contributed by atoms with Crippen LogP contribution in [0, 0.1) is 0 Å². The largest absolute Gasteiger partial charge is 0.394 e. The lowest BCUT2D eigenvalue weighted by atomic mass is 9.99. The SMILES string of the molecule is CCCCCCC/C=C\C/C=C\C/C=C\CCCCCCCCCCCCCCCCCCC(=O)NC(COC1OC(CO)C(O)C(O)C1O)C(O)/C=C/CCCCCCCCCCCCCCCC. The Kier molecular flexibility index (Phi) is 47.9. The van der Waals surface area contributed by atoms with Gasteiger partial charge in [-0.25, -0.2) is 0 Å². The van der Waals surface area contributed by atoms with Gasteiger partial charge in [0.15, 0.2) is 6.29 Å². The van der Waals surface area contributed by atoms with E-state index in [-0.39, 0.29) is 12.5 Å². The number of amides is 1. The highest BCUT2D eigenvalue weighted by Crippen LogP contribution is 2.23. The van der Waals surface area contributed by atoms with Crippen LogP contribution in [0.3, 0.4) is 0 Å². The van der Waals surface area contributed by atoms with Crippen LogP contribution >= 0.6 is 0 Å². The first-order valence-corrected chi connectivity index (χ1v) is 29.9. The highest BCUT2D eigenvalue weighted by Gasteiger charge is 2.44. The van der Waals surface area contributed by atoms with E-state index in [4.69, 9.17) is 9.47 Å². The lowest BCUT2D eigenvalue weighted by Crippen LogP contribution is -2.60. The van der Waals surface area contributed by atoms with Gasteiger partial charge in [-0.15, -0.1) is 0 Å². The minimum Gasteiger partial charge on any atom is -0.394 e. The van der Waals surface area contributed by atoms with Gasteiger partial charge in [0.05, 0.1) is 25.4 Å². The maximum atomic E-state index is 13.1. The maximum Gasteiger partial charge on any atom is 0.220 e. The number of carbonyl (C=O) groups is 1. The topological polar surface area (TPSA) is 149 Å². The van der Waals surface area contributed by atoms with Crippen LogP contribution in [-0.4, -0.2) is 87.5 Å². The Hall–Kier alpha value is -1.85. The number of allylic oxidation sites excluding steroid dienone is 7. The Morgan fingerprint density at radius 3 is 1.24 bits per heavy atom. The van der Waals surface area contributed by atoms with Gasteiger partial charge in [-0.2, -0.15) is 0 Å². The van der Waals surface area contributed by atoms with Gasteiger partial charge in [-0.3, -0.25) is 4.79 Å². The monoisotopic (exact) mass is 988 g/mol. The molecule has 0 aromatic rings. The van der Waals surface area contributed by atoms with Gasteiger partial charge < -0.3 is 40.3 Å². The Morgan fingerprint density at radius 1 is 0.486 bits per heavy atom. The number of unbranched alkanes of at least 4 members (excludes halogenated alkanes) is 35. The van der Waals surface area contributed by atoms with E-state index in [0.717, 1.165) is 51.4 Å². The molecule has 1 heterocycles. The fraction of sp³-hybridized carbons (Fsp3) is 0.852. The van der Waals surface area contributed by atoms with E-state index in [1.165, 1.54) is 205 Å². The summed E-state index contributed by atoms with van der Waals surface area (Å²) < 4.78 is 11.3. The molecule has 7 unspecified atom stereocenters. The molecule has 70 heavy (non-hydrogen) atoms. The molecule has 0 spiro atoms. The molecular formula is C61H113NO8. The summed E-state index contributed by atoms with van der Waals surface area (Å²) in [6, 6.07) is -0.805. The Morgan fingerprint density at radius 2 is 0.843 bits per heavy atom. The molecule has 0 bridgehead atoms. The zero-order chi connectivity index (χ0) is 50.8. The molecule has 7 atom stereocenters. The molecule has 1 aliphatic heterocycles. The van der Waals surface area contributed by atoms with Gasteiger partial charge in [0, 0.05) is 6.42 Å². The third kappa shape index (κ3) is 39.7. The summed E-state index contributed by atoms with van der Waals surface area (Å²) in [7, 11) is 0. The van der Waals surface area contributed by atoms with Gasteiger partial charge in [-0.05, 0) is 57.8 Å². The molecule has 1 rings (SSSR count). The van der Waals surface area contributed by atoms with Crippen LogP contribution in [0.5, 0.6) is 0 Å². The van der Waals surface area contributed by atoms with Crippen LogP contribution in [0.2, 0.25) is 0 Å². The highest BCUT2D eigenvalue weighted by molar-refractivity contribution is 5.76. The van der Waals surface area contributed by atoms with Gasteiger partial charge in [0.25, 0.3) is 0 Å². The molecule has 0 aliphatic carbocycles. The van der Waals surface area contributed by atoms with Crippen molar-refractivity contribution in [3.05, 3.63) is 48.6 Å². The van der Waals surface area contributed by atoms with Crippen LogP contribution in [0.1, 0.15) is 277 Å². The quantitative estimate of drug-likeness (QED) is 0.0261. The van der Waals surface area contributed by atoms with E-state index in [0.29, 0.717) is 6.42 Å². The van der Waals surface area contributed by atoms with E-state index in [9.17, 15) is 30.3 Å². The first-order chi connectivity index (χ1) is 34.3. The van der Waals surface area contributed by atoms with E-state index in [1.54, 1.807) is 6.08 Å². The third-order valence-electron chi connectivity index (χ3n) is 14.1. The molecule has 9 nitrogen and oxygen atoms in total. The summed E-state index contributed by atoms with van der Waals surface area (Å²) >= 11 is 0. The second kappa shape index (κ2) is 50.7. The van der Waals surface area contributed by atoms with Crippen molar-refractivity contribution in [1.82, 2.24) is 5.32 Å². The number of nitrogens with one attached hydrogen (secondary N) is 1.